The number of aliphatic hydroxyl groups excluding tert-OH is 4. The van der Waals surface area contributed by atoms with Gasteiger partial charge in [0.05, 0.1) is 38.1 Å². The zero-order valence-electron chi connectivity index (χ0n) is 11.4. The molecular formula is C11H26O7. The summed E-state index contributed by atoms with van der Waals surface area (Å²) in [7, 11) is 0. The van der Waals surface area contributed by atoms with Gasteiger partial charge in [-0.3, -0.25) is 4.79 Å². The molecule has 0 fully saturated rings. The van der Waals surface area contributed by atoms with Crippen LogP contribution in [0.3, 0.4) is 0 Å². The van der Waals surface area contributed by atoms with E-state index in [0.717, 1.165) is 6.92 Å². The predicted octanol–water partition coefficient (Wildman–Crippen LogP) is -0.785. The summed E-state index contributed by atoms with van der Waals surface area (Å²) in [6, 6.07) is 0. The zero-order valence-corrected chi connectivity index (χ0v) is 11.4. The van der Waals surface area contributed by atoms with E-state index in [1.165, 1.54) is 6.92 Å². The third-order valence-electron chi connectivity index (χ3n) is 1.14. The molecule has 0 aromatic heterocycles. The topological polar surface area (TPSA) is 127 Å². The quantitative estimate of drug-likeness (QED) is 0.443. The molecule has 3 unspecified atom stereocenters. The second-order valence-electron chi connectivity index (χ2n) is 3.73. The van der Waals surface area contributed by atoms with Crippen LogP contribution in [0.4, 0.5) is 0 Å². The highest BCUT2D eigenvalue weighted by atomic mass is 16.5. The number of carbonyl (C=O) groups is 1. The standard InChI is InChI=1S/C6H14O3.C3H8O2.C2H4O2/c1-5(8)4-9-6(2)3-7;1-3(5)2-4;1-2(3)4/h5-8H,3-4H2,1-2H3;3-5H,2H2,1H3;1H3,(H,3,4). The maximum atomic E-state index is 9.00. The molecule has 5 N–H and O–H groups in total. The molecule has 0 aliphatic heterocycles. The van der Waals surface area contributed by atoms with Gasteiger partial charge in [-0.2, -0.15) is 0 Å². The minimum atomic E-state index is -0.833. The Morgan fingerprint density at radius 2 is 1.39 bits per heavy atom. The van der Waals surface area contributed by atoms with Crippen LogP contribution in [0.1, 0.15) is 27.7 Å². The molecule has 0 aliphatic carbocycles. The van der Waals surface area contributed by atoms with Crippen molar-refractivity contribution in [3.8, 4) is 0 Å². The highest BCUT2D eigenvalue weighted by Gasteiger charge is 2.00. The minimum absolute atomic E-state index is 0.00667. The lowest BCUT2D eigenvalue weighted by molar-refractivity contribution is -0.134. The number of aliphatic hydroxyl groups is 4. The first kappa shape index (κ1) is 22.5. The monoisotopic (exact) mass is 270 g/mol. The van der Waals surface area contributed by atoms with Gasteiger partial charge in [-0.05, 0) is 20.8 Å². The SMILES string of the molecule is CC(=O)O.CC(O)CO.CC(O)COC(C)CO. The summed E-state index contributed by atoms with van der Waals surface area (Å²) in [5, 5.41) is 40.6. The molecule has 0 bridgehead atoms. The molecule has 0 amide bonds. The third-order valence-corrected chi connectivity index (χ3v) is 1.14. The number of carboxylic acids is 1. The van der Waals surface area contributed by atoms with Crippen molar-refractivity contribution < 1.29 is 35.1 Å². The van der Waals surface area contributed by atoms with E-state index >= 15 is 0 Å². The first-order chi connectivity index (χ1) is 8.17. The molecule has 0 saturated carbocycles. The van der Waals surface area contributed by atoms with Crippen LogP contribution in [0.2, 0.25) is 0 Å². The minimum Gasteiger partial charge on any atom is -0.481 e. The largest absolute Gasteiger partial charge is 0.481 e. The average molecular weight is 270 g/mol. The van der Waals surface area contributed by atoms with Crippen LogP contribution in [0.15, 0.2) is 0 Å². The Balaban J connectivity index is -0.000000212. The normalized spacial score (nSPS) is 14.2. The van der Waals surface area contributed by atoms with Gasteiger partial charge >= 0.3 is 0 Å². The molecule has 0 spiro atoms. The molecule has 18 heavy (non-hydrogen) atoms. The van der Waals surface area contributed by atoms with Crippen molar-refractivity contribution >= 4 is 5.97 Å². The number of ether oxygens (including phenoxy) is 1. The number of rotatable bonds is 5. The van der Waals surface area contributed by atoms with E-state index in [0.29, 0.717) is 6.61 Å². The Kier molecular flexibility index (Phi) is 20.3. The summed E-state index contributed by atoms with van der Waals surface area (Å²) in [6.45, 7) is 6.17. The Bertz CT molecular complexity index is 167. The summed E-state index contributed by atoms with van der Waals surface area (Å²) in [4.78, 5) is 9.00. The number of aliphatic carboxylic acids is 1. The van der Waals surface area contributed by atoms with Crippen LogP contribution in [-0.2, 0) is 9.53 Å². The van der Waals surface area contributed by atoms with Crippen LogP contribution in [0.5, 0.6) is 0 Å². The molecule has 0 aromatic rings. The fraction of sp³-hybridized carbons (Fsp3) is 0.909. The van der Waals surface area contributed by atoms with Gasteiger partial charge in [0, 0.05) is 6.92 Å². The van der Waals surface area contributed by atoms with Gasteiger partial charge in [-0.15, -0.1) is 0 Å². The van der Waals surface area contributed by atoms with Gasteiger partial charge in [0.2, 0.25) is 0 Å². The molecule has 112 valence electrons. The molecule has 0 aliphatic rings. The van der Waals surface area contributed by atoms with Gasteiger partial charge in [-0.25, -0.2) is 0 Å². The van der Waals surface area contributed by atoms with Crippen molar-refractivity contribution in [3.63, 3.8) is 0 Å². The maximum absolute atomic E-state index is 9.00. The van der Waals surface area contributed by atoms with E-state index in [2.05, 4.69) is 0 Å². The molecule has 0 rings (SSSR count). The van der Waals surface area contributed by atoms with Crippen molar-refractivity contribution in [1.29, 1.82) is 0 Å². The third kappa shape index (κ3) is 45.5. The maximum Gasteiger partial charge on any atom is 0.300 e. The smallest absolute Gasteiger partial charge is 0.300 e. The van der Waals surface area contributed by atoms with Gasteiger partial charge in [0.25, 0.3) is 5.97 Å². The van der Waals surface area contributed by atoms with Gasteiger partial charge < -0.3 is 30.3 Å². The Hall–Kier alpha value is -0.730. The highest BCUT2D eigenvalue weighted by molar-refractivity contribution is 5.62. The first-order valence-corrected chi connectivity index (χ1v) is 5.56. The van der Waals surface area contributed by atoms with E-state index in [1.807, 2.05) is 0 Å². The van der Waals surface area contributed by atoms with E-state index in [9.17, 15) is 0 Å². The number of hydrogen-bond acceptors (Lipinski definition) is 6. The molecule has 0 heterocycles. The second kappa shape index (κ2) is 16.3. The van der Waals surface area contributed by atoms with Crippen molar-refractivity contribution in [2.24, 2.45) is 0 Å². The van der Waals surface area contributed by atoms with Crippen molar-refractivity contribution in [3.05, 3.63) is 0 Å². The number of carboxylic acid groups (broad SMARTS) is 1. The first-order valence-electron chi connectivity index (χ1n) is 5.56. The Morgan fingerprint density at radius 3 is 1.56 bits per heavy atom. The summed E-state index contributed by atoms with van der Waals surface area (Å²) in [5.74, 6) is -0.833. The van der Waals surface area contributed by atoms with Gasteiger partial charge in [0.15, 0.2) is 0 Å². The molecule has 7 heteroatoms. The van der Waals surface area contributed by atoms with Crippen molar-refractivity contribution in [1.82, 2.24) is 0 Å². The van der Waals surface area contributed by atoms with Crippen LogP contribution >= 0.6 is 0 Å². The lowest BCUT2D eigenvalue weighted by Crippen LogP contribution is -2.19. The predicted molar refractivity (Wildman–Crippen MR) is 66.3 cm³/mol. The summed E-state index contributed by atoms with van der Waals surface area (Å²) < 4.78 is 4.95. The van der Waals surface area contributed by atoms with Crippen molar-refractivity contribution in [2.45, 2.75) is 46.0 Å². The molecular weight excluding hydrogens is 244 g/mol. The van der Waals surface area contributed by atoms with E-state index in [-0.39, 0.29) is 19.3 Å². The fourth-order valence-corrected chi connectivity index (χ4v) is 0.356. The van der Waals surface area contributed by atoms with Crippen LogP contribution in [0, 0.1) is 0 Å². The fourth-order valence-electron chi connectivity index (χ4n) is 0.356. The summed E-state index contributed by atoms with van der Waals surface area (Å²) in [6.07, 6.45) is -1.17. The second-order valence-corrected chi connectivity index (χ2v) is 3.73. The van der Waals surface area contributed by atoms with E-state index in [4.69, 9.17) is 35.1 Å². The number of hydrogen-bond donors (Lipinski definition) is 5. The Labute approximate surface area is 108 Å². The lowest BCUT2D eigenvalue weighted by atomic mass is 10.4. The van der Waals surface area contributed by atoms with E-state index < -0.39 is 18.2 Å². The molecule has 0 radical (unpaired) electrons. The lowest BCUT2D eigenvalue weighted by Gasteiger charge is -2.10. The van der Waals surface area contributed by atoms with Crippen LogP contribution < -0.4 is 0 Å². The molecule has 0 aromatic carbocycles. The molecule has 7 nitrogen and oxygen atoms in total. The summed E-state index contributed by atoms with van der Waals surface area (Å²) in [5.41, 5.74) is 0. The molecule has 3 atom stereocenters. The van der Waals surface area contributed by atoms with Gasteiger partial charge in [0.1, 0.15) is 0 Å². The summed E-state index contributed by atoms with van der Waals surface area (Å²) >= 11 is 0. The Morgan fingerprint density at radius 1 is 1.06 bits per heavy atom. The zero-order chi connectivity index (χ0) is 15.1. The van der Waals surface area contributed by atoms with Crippen LogP contribution in [0.25, 0.3) is 0 Å². The van der Waals surface area contributed by atoms with Gasteiger partial charge in [-0.1, -0.05) is 0 Å². The van der Waals surface area contributed by atoms with Crippen molar-refractivity contribution in [2.75, 3.05) is 19.8 Å². The van der Waals surface area contributed by atoms with E-state index in [1.54, 1.807) is 13.8 Å². The molecule has 0 saturated heterocycles. The highest BCUT2D eigenvalue weighted by Crippen LogP contribution is 1.90. The van der Waals surface area contributed by atoms with Crippen LogP contribution in [-0.4, -0.2) is 69.6 Å². The average Bonchev–Trinajstić information content (AvgIpc) is 2.25.